The fraction of sp³-hybridized carbons (Fsp3) is 0.714. The quantitative estimate of drug-likeness (QED) is 0.406. The molecule has 0 fully saturated rings. The van der Waals surface area contributed by atoms with E-state index in [0.29, 0.717) is 5.71 Å². The molecule has 0 radical (unpaired) electrons. The van der Waals surface area contributed by atoms with Gasteiger partial charge in [0.15, 0.2) is 0 Å². The molecule has 0 spiro atoms. The maximum absolute atomic E-state index is 11.7. The van der Waals surface area contributed by atoms with E-state index in [1.165, 1.54) is 0 Å². The Hall–Kier alpha value is -1.92. The molecule has 0 aliphatic heterocycles. The van der Waals surface area contributed by atoms with Gasteiger partial charge in [0, 0.05) is 16.8 Å². The molecule has 0 rings (SSSR count). The van der Waals surface area contributed by atoms with Crippen molar-refractivity contribution in [1.82, 2.24) is 16.1 Å². The van der Waals surface area contributed by atoms with Crippen molar-refractivity contribution < 1.29 is 14.4 Å². The summed E-state index contributed by atoms with van der Waals surface area (Å²) in [4.78, 5) is 34.7. The van der Waals surface area contributed by atoms with E-state index in [9.17, 15) is 14.4 Å². The number of carbonyl (C=O) groups is 3. The number of nitrogens with zero attached hydrogens (tertiary/aromatic N) is 1. The Labute approximate surface area is 125 Å². The predicted molar refractivity (Wildman–Crippen MR) is 81.7 cm³/mol. The first kappa shape index (κ1) is 19.1. The summed E-state index contributed by atoms with van der Waals surface area (Å²) < 4.78 is 0. The first-order valence-corrected chi connectivity index (χ1v) is 6.77. The lowest BCUT2D eigenvalue weighted by Crippen LogP contribution is -2.47. The van der Waals surface area contributed by atoms with E-state index in [1.54, 1.807) is 27.7 Å². The molecule has 0 aliphatic rings. The lowest BCUT2D eigenvalue weighted by molar-refractivity contribution is -0.140. The standard InChI is InChI=1S/C14H26N4O3/c1-9(8-10(19)15-13(2,3)4)17-18-12(21)11(20)16-14(5,6)7/h8H2,1-7H3,(H,15,19)(H,16,20)(H,18,21). The summed E-state index contributed by atoms with van der Waals surface area (Å²) in [5.74, 6) is -1.82. The van der Waals surface area contributed by atoms with Gasteiger partial charge in [0.1, 0.15) is 0 Å². The van der Waals surface area contributed by atoms with Gasteiger partial charge in [-0.25, -0.2) is 5.43 Å². The molecule has 0 heterocycles. The zero-order valence-corrected chi connectivity index (χ0v) is 13.9. The SMILES string of the molecule is CC(CC(=O)NC(C)(C)C)=NNC(=O)C(=O)NC(C)(C)C. The van der Waals surface area contributed by atoms with Crippen LogP contribution in [0, 0.1) is 0 Å². The van der Waals surface area contributed by atoms with Crippen LogP contribution in [0.1, 0.15) is 54.9 Å². The molecule has 3 amide bonds. The third kappa shape index (κ3) is 10.5. The second-order valence-corrected chi connectivity index (χ2v) is 6.97. The molecule has 21 heavy (non-hydrogen) atoms. The molecule has 0 aromatic rings. The fourth-order valence-electron chi connectivity index (χ4n) is 1.33. The molecule has 0 bridgehead atoms. The number of hydrogen-bond acceptors (Lipinski definition) is 4. The normalized spacial score (nSPS) is 12.6. The Morgan fingerprint density at radius 1 is 0.857 bits per heavy atom. The second kappa shape index (κ2) is 7.19. The number of hydrogen-bond donors (Lipinski definition) is 3. The minimum Gasteiger partial charge on any atom is -0.351 e. The summed E-state index contributed by atoms with van der Waals surface area (Å²) >= 11 is 0. The van der Waals surface area contributed by atoms with E-state index in [2.05, 4.69) is 21.2 Å². The number of rotatable bonds is 3. The van der Waals surface area contributed by atoms with E-state index < -0.39 is 17.4 Å². The van der Waals surface area contributed by atoms with Crippen LogP contribution in [0.4, 0.5) is 0 Å². The molecule has 7 nitrogen and oxygen atoms in total. The number of carbonyl (C=O) groups excluding carboxylic acids is 3. The van der Waals surface area contributed by atoms with Crippen LogP contribution in [0.5, 0.6) is 0 Å². The summed E-state index contributed by atoms with van der Waals surface area (Å²) in [5.41, 5.74) is 1.71. The molecular formula is C14H26N4O3. The van der Waals surface area contributed by atoms with E-state index in [0.717, 1.165) is 0 Å². The predicted octanol–water partition coefficient (Wildman–Crippen LogP) is 0.698. The van der Waals surface area contributed by atoms with Crippen LogP contribution < -0.4 is 16.1 Å². The zero-order valence-electron chi connectivity index (χ0n) is 13.9. The average molecular weight is 298 g/mol. The molecule has 0 unspecified atom stereocenters. The van der Waals surface area contributed by atoms with Crippen molar-refractivity contribution in [2.45, 2.75) is 66.0 Å². The van der Waals surface area contributed by atoms with Gasteiger partial charge in [-0.15, -0.1) is 0 Å². The molecule has 0 atom stereocenters. The van der Waals surface area contributed by atoms with Crippen LogP contribution in [0.15, 0.2) is 5.10 Å². The molecule has 0 aromatic heterocycles. The first-order chi connectivity index (χ1) is 9.30. The van der Waals surface area contributed by atoms with E-state index in [-0.39, 0.29) is 17.9 Å². The number of hydrazone groups is 1. The molecule has 0 aliphatic carbocycles. The van der Waals surface area contributed by atoms with Crippen molar-refractivity contribution in [3.05, 3.63) is 0 Å². The lowest BCUT2D eigenvalue weighted by Gasteiger charge is -2.20. The van der Waals surface area contributed by atoms with Crippen molar-refractivity contribution in [2.75, 3.05) is 0 Å². The van der Waals surface area contributed by atoms with E-state index >= 15 is 0 Å². The molecule has 0 aromatic carbocycles. The minimum atomic E-state index is -0.861. The molecule has 3 N–H and O–H groups in total. The van der Waals surface area contributed by atoms with Gasteiger partial charge in [-0.3, -0.25) is 14.4 Å². The Balaban J connectivity index is 4.38. The van der Waals surface area contributed by atoms with Crippen LogP contribution >= 0.6 is 0 Å². The highest BCUT2D eigenvalue weighted by Gasteiger charge is 2.20. The van der Waals surface area contributed by atoms with Gasteiger partial charge in [0.2, 0.25) is 5.91 Å². The van der Waals surface area contributed by atoms with E-state index in [4.69, 9.17) is 0 Å². The Morgan fingerprint density at radius 2 is 1.33 bits per heavy atom. The fourth-order valence-corrected chi connectivity index (χ4v) is 1.33. The Morgan fingerprint density at radius 3 is 1.76 bits per heavy atom. The highest BCUT2D eigenvalue weighted by atomic mass is 16.2. The van der Waals surface area contributed by atoms with Crippen LogP contribution in [-0.4, -0.2) is 34.5 Å². The van der Waals surface area contributed by atoms with Crippen LogP contribution in [-0.2, 0) is 14.4 Å². The molecule has 120 valence electrons. The topological polar surface area (TPSA) is 99.7 Å². The lowest BCUT2D eigenvalue weighted by atomic mass is 10.1. The average Bonchev–Trinajstić information content (AvgIpc) is 2.20. The third-order valence-electron chi connectivity index (χ3n) is 1.97. The highest BCUT2D eigenvalue weighted by Crippen LogP contribution is 2.00. The van der Waals surface area contributed by atoms with Gasteiger partial charge in [0.25, 0.3) is 0 Å². The monoisotopic (exact) mass is 298 g/mol. The van der Waals surface area contributed by atoms with Gasteiger partial charge in [0.05, 0.1) is 6.42 Å². The van der Waals surface area contributed by atoms with Gasteiger partial charge in [-0.2, -0.15) is 5.10 Å². The smallest absolute Gasteiger partial charge is 0.329 e. The summed E-state index contributed by atoms with van der Waals surface area (Å²) in [5, 5.41) is 9.04. The van der Waals surface area contributed by atoms with Crippen molar-refractivity contribution in [3.8, 4) is 0 Å². The summed E-state index contributed by atoms with van der Waals surface area (Å²) in [6, 6.07) is 0. The van der Waals surface area contributed by atoms with Crippen molar-refractivity contribution in [2.24, 2.45) is 5.10 Å². The summed E-state index contributed by atoms with van der Waals surface area (Å²) in [6.07, 6.45) is 0.0540. The molecule has 0 saturated carbocycles. The van der Waals surface area contributed by atoms with Gasteiger partial charge < -0.3 is 10.6 Å². The number of nitrogens with one attached hydrogen (secondary N) is 3. The Bertz CT molecular complexity index is 442. The summed E-state index contributed by atoms with van der Waals surface area (Å²) in [7, 11) is 0. The number of amides is 3. The molecule has 0 saturated heterocycles. The zero-order chi connectivity index (χ0) is 16.8. The maximum atomic E-state index is 11.7. The van der Waals surface area contributed by atoms with Crippen molar-refractivity contribution in [3.63, 3.8) is 0 Å². The maximum Gasteiger partial charge on any atom is 0.329 e. The van der Waals surface area contributed by atoms with Gasteiger partial charge >= 0.3 is 11.8 Å². The van der Waals surface area contributed by atoms with Gasteiger partial charge in [-0.05, 0) is 48.5 Å². The first-order valence-electron chi connectivity index (χ1n) is 6.77. The highest BCUT2D eigenvalue weighted by molar-refractivity contribution is 6.35. The molecule has 7 heteroatoms. The molecular weight excluding hydrogens is 272 g/mol. The van der Waals surface area contributed by atoms with Crippen LogP contribution in [0.25, 0.3) is 0 Å². The van der Waals surface area contributed by atoms with Crippen LogP contribution in [0.3, 0.4) is 0 Å². The van der Waals surface area contributed by atoms with Crippen molar-refractivity contribution in [1.29, 1.82) is 0 Å². The third-order valence-corrected chi connectivity index (χ3v) is 1.97. The van der Waals surface area contributed by atoms with E-state index in [1.807, 2.05) is 20.8 Å². The van der Waals surface area contributed by atoms with Crippen molar-refractivity contribution >= 4 is 23.4 Å². The van der Waals surface area contributed by atoms with Crippen LogP contribution in [0.2, 0.25) is 0 Å². The minimum absolute atomic E-state index is 0.0540. The summed E-state index contributed by atoms with van der Waals surface area (Å²) in [6.45, 7) is 12.5. The van der Waals surface area contributed by atoms with Gasteiger partial charge in [-0.1, -0.05) is 0 Å². The largest absolute Gasteiger partial charge is 0.351 e. The second-order valence-electron chi connectivity index (χ2n) is 6.97. The Kier molecular flexibility index (Phi) is 6.53.